The van der Waals surface area contributed by atoms with Crippen molar-refractivity contribution in [2.45, 2.75) is 19.4 Å². The number of pyridine rings is 1. The molecule has 2 rings (SSSR count). The van der Waals surface area contributed by atoms with Crippen LogP contribution in [0.3, 0.4) is 0 Å². The summed E-state index contributed by atoms with van der Waals surface area (Å²) in [6.45, 7) is 3.00. The fourth-order valence-corrected chi connectivity index (χ4v) is 1.80. The second kappa shape index (κ2) is 4.34. The number of nitrogens with one attached hydrogen (secondary N) is 1. The molecule has 0 spiro atoms. The van der Waals surface area contributed by atoms with Crippen molar-refractivity contribution in [3.8, 4) is 0 Å². The molecular formula is C12H14N4O3. The Hall–Kier alpha value is -2.44. The molecule has 19 heavy (non-hydrogen) atoms. The molecule has 0 radical (unpaired) electrons. The van der Waals surface area contributed by atoms with Crippen LogP contribution in [0.1, 0.15) is 24.2 Å². The molecule has 0 aliphatic carbocycles. The SMILES string of the molecule is CC1(C)C(=O)NC(=O)CN1C(=O)c1ccc(N)nc1. The van der Waals surface area contributed by atoms with Crippen LogP contribution in [0, 0.1) is 0 Å². The molecule has 0 atom stereocenters. The Bertz CT molecular complexity index is 551. The first-order chi connectivity index (χ1) is 8.82. The Balaban J connectivity index is 2.33. The molecule has 100 valence electrons. The molecule has 1 aromatic rings. The number of nitrogens with zero attached hydrogens (tertiary/aromatic N) is 2. The quantitative estimate of drug-likeness (QED) is 0.666. The number of nitrogens with two attached hydrogens (primary N) is 1. The zero-order valence-electron chi connectivity index (χ0n) is 10.6. The highest BCUT2D eigenvalue weighted by Gasteiger charge is 2.43. The van der Waals surface area contributed by atoms with E-state index in [4.69, 9.17) is 5.73 Å². The van der Waals surface area contributed by atoms with Crippen molar-refractivity contribution >= 4 is 23.5 Å². The number of anilines is 1. The highest BCUT2D eigenvalue weighted by molar-refractivity contribution is 6.08. The minimum absolute atomic E-state index is 0.165. The van der Waals surface area contributed by atoms with E-state index in [1.165, 1.54) is 23.2 Å². The van der Waals surface area contributed by atoms with Crippen molar-refractivity contribution in [3.05, 3.63) is 23.9 Å². The Labute approximate surface area is 109 Å². The highest BCUT2D eigenvalue weighted by atomic mass is 16.2. The fourth-order valence-electron chi connectivity index (χ4n) is 1.80. The van der Waals surface area contributed by atoms with Gasteiger partial charge in [0.15, 0.2) is 0 Å². The maximum atomic E-state index is 12.3. The summed E-state index contributed by atoms with van der Waals surface area (Å²) < 4.78 is 0. The van der Waals surface area contributed by atoms with E-state index >= 15 is 0 Å². The van der Waals surface area contributed by atoms with Gasteiger partial charge in [-0.25, -0.2) is 4.98 Å². The molecule has 0 saturated carbocycles. The van der Waals surface area contributed by atoms with Gasteiger partial charge in [0.25, 0.3) is 11.8 Å². The average molecular weight is 262 g/mol. The molecule has 1 aliphatic heterocycles. The molecule has 3 amide bonds. The van der Waals surface area contributed by atoms with Crippen molar-refractivity contribution in [2.75, 3.05) is 12.3 Å². The fraction of sp³-hybridized carbons (Fsp3) is 0.333. The summed E-state index contributed by atoms with van der Waals surface area (Å²) in [6.07, 6.45) is 1.32. The largest absolute Gasteiger partial charge is 0.384 e. The summed E-state index contributed by atoms with van der Waals surface area (Å²) in [5.41, 5.74) is 4.64. The first kappa shape index (κ1) is 13.0. The summed E-state index contributed by atoms with van der Waals surface area (Å²) in [4.78, 5) is 40.5. The molecule has 0 aromatic carbocycles. The second-order valence-corrected chi connectivity index (χ2v) is 4.80. The van der Waals surface area contributed by atoms with Gasteiger partial charge in [-0.05, 0) is 26.0 Å². The molecule has 1 aromatic heterocycles. The Morgan fingerprint density at radius 2 is 2.11 bits per heavy atom. The normalized spacial score (nSPS) is 18.1. The van der Waals surface area contributed by atoms with Crippen LogP contribution >= 0.6 is 0 Å². The highest BCUT2D eigenvalue weighted by Crippen LogP contribution is 2.21. The third-order valence-electron chi connectivity index (χ3n) is 3.06. The predicted octanol–water partition coefficient (Wildman–Crippen LogP) is -0.459. The van der Waals surface area contributed by atoms with Gasteiger partial charge in [0.05, 0.1) is 5.56 Å². The summed E-state index contributed by atoms with van der Waals surface area (Å²) in [5, 5.41) is 2.21. The van der Waals surface area contributed by atoms with Gasteiger partial charge in [-0.2, -0.15) is 0 Å². The standard InChI is InChI=1S/C12H14N4O3/c1-12(2)11(19)15-9(17)6-16(12)10(18)7-3-4-8(13)14-5-7/h3-5H,6H2,1-2H3,(H2,13,14)(H,15,17,19). The Morgan fingerprint density at radius 1 is 1.42 bits per heavy atom. The maximum Gasteiger partial charge on any atom is 0.256 e. The van der Waals surface area contributed by atoms with Crippen LogP contribution in [0.15, 0.2) is 18.3 Å². The van der Waals surface area contributed by atoms with Gasteiger partial charge < -0.3 is 10.6 Å². The summed E-state index contributed by atoms with van der Waals surface area (Å²) >= 11 is 0. The van der Waals surface area contributed by atoms with E-state index in [9.17, 15) is 14.4 Å². The number of aromatic nitrogens is 1. The molecule has 0 bridgehead atoms. The molecule has 1 fully saturated rings. The first-order valence-corrected chi connectivity index (χ1v) is 5.70. The first-order valence-electron chi connectivity index (χ1n) is 5.70. The molecule has 7 heteroatoms. The Kier molecular flexibility index (Phi) is 2.97. The lowest BCUT2D eigenvalue weighted by molar-refractivity contribution is -0.143. The topological polar surface area (TPSA) is 105 Å². The summed E-state index contributed by atoms with van der Waals surface area (Å²) in [5.74, 6) is -1.13. The van der Waals surface area contributed by atoms with Crippen LogP contribution in [0.25, 0.3) is 0 Å². The van der Waals surface area contributed by atoms with Crippen LogP contribution in [0.4, 0.5) is 5.82 Å². The molecule has 1 saturated heterocycles. The number of imide groups is 1. The van der Waals surface area contributed by atoms with E-state index in [2.05, 4.69) is 10.3 Å². The predicted molar refractivity (Wildman–Crippen MR) is 66.9 cm³/mol. The van der Waals surface area contributed by atoms with E-state index in [0.717, 1.165) is 0 Å². The molecule has 3 N–H and O–H groups in total. The zero-order chi connectivity index (χ0) is 14.2. The van der Waals surface area contributed by atoms with E-state index in [1.54, 1.807) is 13.8 Å². The van der Waals surface area contributed by atoms with Crippen molar-refractivity contribution < 1.29 is 14.4 Å². The number of hydrogen-bond acceptors (Lipinski definition) is 5. The lowest BCUT2D eigenvalue weighted by Crippen LogP contribution is -2.65. The van der Waals surface area contributed by atoms with Gasteiger partial charge >= 0.3 is 0 Å². The zero-order valence-corrected chi connectivity index (χ0v) is 10.6. The van der Waals surface area contributed by atoms with Crippen LogP contribution in [-0.4, -0.2) is 39.7 Å². The van der Waals surface area contributed by atoms with Gasteiger partial charge in [0.2, 0.25) is 5.91 Å². The van der Waals surface area contributed by atoms with Gasteiger partial charge in [-0.15, -0.1) is 0 Å². The minimum atomic E-state index is -1.09. The van der Waals surface area contributed by atoms with Crippen LogP contribution < -0.4 is 11.1 Å². The third kappa shape index (κ3) is 2.26. The number of carbonyl (C=O) groups is 3. The lowest BCUT2D eigenvalue weighted by Gasteiger charge is -2.40. The summed E-state index contributed by atoms with van der Waals surface area (Å²) in [6, 6.07) is 3.00. The van der Waals surface area contributed by atoms with Crippen molar-refractivity contribution in [3.63, 3.8) is 0 Å². The molecule has 1 aliphatic rings. The average Bonchev–Trinajstić information content (AvgIpc) is 2.34. The molecular weight excluding hydrogens is 248 g/mol. The molecule has 0 unspecified atom stereocenters. The number of carbonyl (C=O) groups excluding carboxylic acids is 3. The van der Waals surface area contributed by atoms with Gasteiger partial charge in [0, 0.05) is 6.20 Å². The molecule has 7 nitrogen and oxygen atoms in total. The van der Waals surface area contributed by atoms with Gasteiger partial charge in [0.1, 0.15) is 17.9 Å². The second-order valence-electron chi connectivity index (χ2n) is 4.80. The lowest BCUT2D eigenvalue weighted by atomic mass is 9.97. The Morgan fingerprint density at radius 3 is 2.68 bits per heavy atom. The number of amides is 3. The number of rotatable bonds is 1. The number of nitrogen functional groups attached to an aromatic ring is 1. The number of hydrogen-bond donors (Lipinski definition) is 2. The monoisotopic (exact) mass is 262 g/mol. The molecule has 2 heterocycles. The third-order valence-corrected chi connectivity index (χ3v) is 3.06. The van der Waals surface area contributed by atoms with E-state index < -0.39 is 23.3 Å². The van der Waals surface area contributed by atoms with Crippen LogP contribution in [-0.2, 0) is 9.59 Å². The smallest absolute Gasteiger partial charge is 0.256 e. The minimum Gasteiger partial charge on any atom is -0.384 e. The van der Waals surface area contributed by atoms with Crippen LogP contribution in [0.2, 0.25) is 0 Å². The van der Waals surface area contributed by atoms with Gasteiger partial charge in [-0.1, -0.05) is 0 Å². The number of piperazine rings is 1. The van der Waals surface area contributed by atoms with Crippen molar-refractivity contribution in [1.82, 2.24) is 15.2 Å². The maximum absolute atomic E-state index is 12.3. The van der Waals surface area contributed by atoms with Crippen LogP contribution in [0.5, 0.6) is 0 Å². The van der Waals surface area contributed by atoms with Gasteiger partial charge in [-0.3, -0.25) is 19.7 Å². The van der Waals surface area contributed by atoms with E-state index in [0.29, 0.717) is 5.82 Å². The van der Waals surface area contributed by atoms with Crippen molar-refractivity contribution in [1.29, 1.82) is 0 Å². The van der Waals surface area contributed by atoms with E-state index in [-0.39, 0.29) is 12.1 Å². The van der Waals surface area contributed by atoms with E-state index in [1.807, 2.05) is 0 Å². The summed E-state index contributed by atoms with van der Waals surface area (Å²) in [7, 11) is 0. The van der Waals surface area contributed by atoms with Crippen molar-refractivity contribution in [2.24, 2.45) is 0 Å².